The van der Waals surface area contributed by atoms with E-state index >= 15 is 0 Å². The van der Waals surface area contributed by atoms with Crippen molar-refractivity contribution >= 4 is 17.3 Å². The van der Waals surface area contributed by atoms with Crippen LogP contribution in [0, 0.1) is 10.1 Å². The fourth-order valence-electron chi connectivity index (χ4n) is 1.12. The van der Waals surface area contributed by atoms with Crippen molar-refractivity contribution in [2.75, 3.05) is 0 Å². The van der Waals surface area contributed by atoms with E-state index in [1.807, 2.05) is 0 Å². The Morgan fingerprint density at radius 2 is 1.94 bits per heavy atom. The van der Waals surface area contributed by atoms with Gasteiger partial charge in [-0.1, -0.05) is 11.6 Å². The number of pyridine rings is 1. The first-order valence-corrected chi connectivity index (χ1v) is 4.22. The summed E-state index contributed by atoms with van der Waals surface area (Å²) in [5.41, 5.74) is -5.46. The number of nitro groups is 1. The molecule has 0 saturated carbocycles. The molecule has 4 nitrogen and oxygen atoms in total. The molecule has 0 aliphatic carbocycles. The van der Waals surface area contributed by atoms with Crippen LogP contribution in [-0.2, 0) is 6.18 Å². The second-order valence-corrected chi connectivity index (χ2v) is 3.18. The first-order valence-electron chi connectivity index (χ1n) is 3.84. The van der Waals surface area contributed by atoms with E-state index in [0.717, 1.165) is 0 Å². The highest BCUT2D eigenvalue weighted by Gasteiger charge is 2.45. The SMILES string of the molecule is O=[N+]([O-])c1c(Cl)cnc(C(F)F)c1C(F)(F)F. The molecule has 0 atom stereocenters. The maximum absolute atomic E-state index is 12.5. The second kappa shape index (κ2) is 4.40. The Kier molecular flexibility index (Phi) is 3.51. The number of rotatable bonds is 2. The molecule has 10 heteroatoms. The van der Waals surface area contributed by atoms with Crippen molar-refractivity contribution in [3.8, 4) is 0 Å². The van der Waals surface area contributed by atoms with Crippen LogP contribution in [0.3, 0.4) is 0 Å². The highest BCUT2D eigenvalue weighted by atomic mass is 35.5. The van der Waals surface area contributed by atoms with Crippen LogP contribution in [0.1, 0.15) is 17.7 Å². The van der Waals surface area contributed by atoms with Gasteiger partial charge in [-0.05, 0) is 0 Å². The maximum atomic E-state index is 12.5. The maximum Gasteiger partial charge on any atom is 0.425 e. The summed E-state index contributed by atoms with van der Waals surface area (Å²) in [4.78, 5) is 11.7. The molecule has 0 aliphatic heterocycles. The van der Waals surface area contributed by atoms with E-state index in [1.165, 1.54) is 0 Å². The fourth-order valence-corrected chi connectivity index (χ4v) is 1.33. The van der Waals surface area contributed by atoms with Crippen LogP contribution < -0.4 is 0 Å². The van der Waals surface area contributed by atoms with Crippen LogP contribution in [-0.4, -0.2) is 9.91 Å². The van der Waals surface area contributed by atoms with Gasteiger partial charge in [-0.15, -0.1) is 0 Å². The summed E-state index contributed by atoms with van der Waals surface area (Å²) in [7, 11) is 0. The van der Waals surface area contributed by atoms with Crippen LogP contribution in [0.5, 0.6) is 0 Å². The largest absolute Gasteiger partial charge is 0.425 e. The zero-order valence-corrected chi connectivity index (χ0v) is 8.39. The summed E-state index contributed by atoms with van der Waals surface area (Å²) < 4.78 is 62.0. The van der Waals surface area contributed by atoms with Gasteiger partial charge in [0.25, 0.3) is 6.43 Å². The standard InChI is InChI=1S/C7H2ClF5N2O2/c8-2-1-14-4(6(9)10)3(7(11,12)13)5(2)15(16)17/h1,6H. The first-order chi connectivity index (χ1) is 7.66. The van der Waals surface area contributed by atoms with Crippen molar-refractivity contribution in [2.24, 2.45) is 0 Å². The van der Waals surface area contributed by atoms with E-state index in [9.17, 15) is 32.1 Å². The Morgan fingerprint density at radius 1 is 1.41 bits per heavy atom. The number of aromatic nitrogens is 1. The van der Waals surface area contributed by atoms with Gasteiger partial charge in [0.2, 0.25) is 0 Å². The molecule has 0 spiro atoms. The van der Waals surface area contributed by atoms with Gasteiger partial charge < -0.3 is 0 Å². The lowest BCUT2D eigenvalue weighted by Crippen LogP contribution is -2.15. The molecule has 0 amide bonds. The summed E-state index contributed by atoms with van der Waals surface area (Å²) in [5, 5.41) is 9.46. The molecule has 0 fully saturated rings. The van der Waals surface area contributed by atoms with Gasteiger partial charge >= 0.3 is 11.9 Å². The monoisotopic (exact) mass is 276 g/mol. The quantitative estimate of drug-likeness (QED) is 0.471. The van der Waals surface area contributed by atoms with Gasteiger partial charge in [-0.25, -0.2) is 8.78 Å². The summed E-state index contributed by atoms with van der Waals surface area (Å²) in [6, 6.07) is 0. The van der Waals surface area contributed by atoms with Crippen LogP contribution in [0.4, 0.5) is 27.6 Å². The molecule has 1 aromatic heterocycles. The Bertz CT molecular complexity index is 462. The third-order valence-corrected chi connectivity index (χ3v) is 1.99. The van der Waals surface area contributed by atoms with E-state index in [2.05, 4.69) is 4.98 Å². The topological polar surface area (TPSA) is 56.0 Å². The summed E-state index contributed by atoms with van der Waals surface area (Å²) in [6.45, 7) is 0. The summed E-state index contributed by atoms with van der Waals surface area (Å²) >= 11 is 5.16. The highest BCUT2D eigenvalue weighted by molar-refractivity contribution is 6.32. The number of halogens is 6. The Labute approximate surface area is 95.2 Å². The van der Waals surface area contributed by atoms with Crippen LogP contribution in [0.2, 0.25) is 5.02 Å². The minimum Gasteiger partial charge on any atom is -0.258 e. The molecule has 1 aromatic rings. The Balaban J connectivity index is 3.68. The molecular formula is C7H2ClF5N2O2. The normalized spacial score (nSPS) is 11.9. The molecule has 0 unspecified atom stereocenters. The molecule has 0 bridgehead atoms. The number of alkyl halides is 5. The Morgan fingerprint density at radius 3 is 2.29 bits per heavy atom. The fraction of sp³-hybridized carbons (Fsp3) is 0.286. The molecular weight excluding hydrogens is 275 g/mol. The average molecular weight is 277 g/mol. The summed E-state index contributed by atoms with van der Waals surface area (Å²) in [6.07, 6.45) is -8.55. The predicted octanol–water partition coefficient (Wildman–Crippen LogP) is 3.60. The van der Waals surface area contributed by atoms with Crippen LogP contribution in [0.15, 0.2) is 6.20 Å². The van der Waals surface area contributed by atoms with E-state index in [0.29, 0.717) is 6.20 Å². The third kappa shape index (κ3) is 2.60. The van der Waals surface area contributed by atoms with E-state index in [1.54, 1.807) is 0 Å². The molecule has 17 heavy (non-hydrogen) atoms. The minimum atomic E-state index is -5.34. The zero-order valence-electron chi connectivity index (χ0n) is 7.63. The van der Waals surface area contributed by atoms with Crippen molar-refractivity contribution in [3.05, 3.63) is 32.6 Å². The van der Waals surface area contributed by atoms with E-state index < -0.39 is 39.5 Å². The van der Waals surface area contributed by atoms with Crippen molar-refractivity contribution < 1.29 is 26.9 Å². The average Bonchev–Trinajstić information content (AvgIpc) is 2.14. The van der Waals surface area contributed by atoms with E-state index in [4.69, 9.17) is 11.6 Å². The zero-order chi connectivity index (χ0) is 13.4. The molecule has 0 aliphatic rings. The van der Waals surface area contributed by atoms with Crippen molar-refractivity contribution in [1.82, 2.24) is 4.98 Å². The van der Waals surface area contributed by atoms with Gasteiger partial charge in [0, 0.05) is 0 Å². The highest BCUT2D eigenvalue weighted by Crippen LogP contribution is 2.43. The molecule has 0 radical (unpaired) electrons. The lowest BCUT2D eigenvalue weighted by Gasteiger charge is -2.12. The van der Waals surface area contributed by atoms with Crippen molar-refractivity contribution in [1.29, 1.82) is 0 Å². The molecule has 1 heterocycles. The molecule has 0 saturated heterocycles. The molecule has 1 rings (SSSR count). The lowest BCUT2D eigenvalue weighted by atomic mass is 10.1. The van der Waals surface area contributed by atoms with E-state index in [-0.39, 0.29) is 0 Å². The smallest absolute Gasteiger partial charge is 0.258 e. The molecule has 0 aromatic carbocycles. The van der Waals surface area contributed by atoms with Crippen LogP contribution >= 0.6 is 11.6 Å². The lowest BCUT2D eigenvalue weighted by molar-refractivity contribution is -0.388. The van der Waals surface area contributed by atoms with Gasteiger partial charge in [0.1, 0.15) is 10.7 Å². The number of hydrogen-bond acceptors (Lipinski definition) is 3. The first kappa shape index (κ1) is 13.6. The van der Waals surface area contributed by atoms with Crippen molar-refractivity contribution in [2.45, 2.75) is 12.6 Å². The third-order valence-electron chi connectivity index (χ3n) is 1.71. The molecule has 94 valence electrons. The number of hydrogen-bond donors (Lipinski definition) is 0. The molecule has 0 N–H and O–H groups in total. The van der Waals surface area contributed by atoms with Gasteiger partial charge in [-0.3, -0.25) is 15.1 Å². The number of nitrogens with zero attached hydrogens (tertiary/aromatic N) is 2. The van der Waals surface area contributed by atoms with Crippen molar-refractivity contribution in [3.63, 3.8) is 0 Å². The minimum absolute atomic E-state index is 0.385. The Hall–Kier alpha value is -1.51. The predicted molar refractivity (Wildman–Crippen MR) is 45.9 cm³/mol. The van der Waals surface area contributed by atoms with Gasteiger partial charge in [0.15, 0.2) is 5.56 Å². The second-order valence-electron chi connectivity index (χ2n) is 2.77. The summed E-state index contributed by atoms with van der Waals surface area (Å²) in [5.74, 6) is 0. The van der Waals surface area contributed by atoms with Crippen LogP contribution in [0.25, 0.3) is 0 Å². The van der Waals surface area contributed by atoms with Gasteiger partial charge in [0.05, 0.1) is 11.1 Å². The van der Waals surface area contributed by atoms with Gasteiger partial charge in [-0.2, -0.15) is 13.2 Å².